The summed E-state index contributed by atoms with van der Waals surface area (Å²) in [7, 11) is 1.66. The average molecular weight is 406 g/mol. The molecule has 0 unspecified atom stereocenters. The second-order valence-corrected chi connectivity index (χ2v) is 8.03. The number of hydrogen-bond donors (Lipinski definition) is 2. The lowest BCUT2D eigenvalue weighted by Crippen LogP contribution is -2.25. The highest BCUT2D eigenvalue weighted by molar-refractivity contribution is 7.17. The third kappa shape index (κ3) is 4.03. The number of nitrogens with zero attached hydrogens (tertiary/aromatic N) is 1. The maximum Gasteiger partial charge on any atom is 0.263 e. The van der Waals surface area contributed by atoms with Gasteiger partial charge in [-0.2, -0.15) is 0 Å². The van der Waals surface area contributed by atoms with Crippen LogP contribution in [0.4, 0.5) is 0 Å². The minimum atomic E-state index is -0.0733. The van der Waals surface area contributed by atoms with Gasteiger partial charge in [-0.1, -0.05) is 29.8 Å². The zero-order chi connectivity index (χ0) is 20.4. The Morgan fingerprint density at radius 2 is 1.97 bits per heavy atom. The monoisotopic (exact) mass is 405 g/mol. The highest BCUT2D eigenvalue weighted by Crippen LogP contribution is 2.28. The minimum absolute atomic E-state index is 0.0733. The lowest BCUT2D eigenvalue weighted by atomic mass is 10.1. The second-order valence-electron chi connectivity index (χ2n) is 7.03. The summed E-state index contributed by atoms with van der Waals surface area (Å²) < 4.78 is 5.32. The van der Waals surface area contributed by atoms with Gasteiger partial charge in [-0.15, -0.1) is 11.3 Å². The van der Waals surface area contributed by atoms with Crippen molar-refractivity contribution in [3.63, 3.8) is 0 Å². The predicted molar refractivity (Wildman–Crippen MR) is 118 cm³/mol. The molecule has 5 nitrogen and oxygen atoms in total. The van der Waals surface area contributed by atoms with E-state index in [1.807, 2.05) is 43.5 Å². The molecule has 0 fully saturated rings. The van der Waals surface area contributed by atoms with Crippen LogP contribution < -0.4 is 10.1 Å². The molecular formula is C23H23N3O2S. The molecule has 29 heavy (non-hydrogen) atoms. The van der Waals surface area contributed by atoms with Crippen molar-refractivity contribution in [3.05, 3.63) is 70.4 Å². The van der Waals surface area contributed by atoms with Gasteiger partial charge in [-0.05, 0) is 44.0 Å². The molecule has 2 heterocycles. The Labute approximate surface area is 173 Å². The van der Waals surface area contributed by atoms with E-state index in [0.29, 0.717) is 11.4 Å². The number of aryl methyl sites for hydroxylation is 2. The van der Waals surface area contributed by atoms with Gasteiger partial charge >= 0.3 is 0 Å². The van der Waals surface area contributed by atoms with E-state index in [1.165, 1.54) is 16.9 Å². The van der Waals surface area contributed by atoms with E-state index in [1.54, 1.807) is 7.11 Å². The standard InChI is InChI=1S/C23H23N3O2S/c1-14-4-6-16(7-5-14)23-26-15(2)21(29-23)22(27)24-11-10-17-13-25-20-9-8-18(28-3)12-19(17)20/h4-9,12-13,25H,10-11H2,1-3H3,(H,24,27). The minimum Gasteiger partial charge on any atom is -0.497 e. The van der Waals surface area contributed by atoms with Crippen LogP contribution in [-0.2, 0) is 6.42 Å². The Morgan fingerprint density at radius 3 is 2.72 bits per heavy atom. The lowest BCUT2D eigenvalue weighted by molar-refractivity contribution is 0.0957. The number of carbonyl (C=O) groups excluding carboxylic acids is 1. The number of aromatic nitrogens is 2. The van der Waals surface area contributed by atoms with Crippen molar-refractivity contribution in [1.29, 1.82) is 0 Å². The normalized spacial score (nSPS) is 11.0. The van der Waals surface area contributed by atoms with E-state index in [9.17, 15) is 4.79 Å². The van der Waals surface area contributed by atoms with Gasteiger partial charge < -0.3 is 15.0 Å². The summed E-state index contributed by atoms with van der Waals surface area (Å²) in [6, 6.07) is 14.2. The molecule has 0 atom stereocenters. The maximum atomic E-state index is 12.7. The molecule has 2 N–H and O–H groups in total. The second kappa shape index (κ2) is 8.09. The first kappa shape index (κ1) is 19.2. The Morgan fingerprint density at radius 1 is 1.17 bits per heavy atom. The summed E-state index contributed by atoms with van der Waals surface area (Å²) in [6.07, 6.45) is 2.73. The van der Waals surface area contributed by atoms with Gasteiger partial charge in [-0.3, -0.25) is 4.79 Å². The molecule has 148 valence electrons. The van der Waals surface area contributed by atoms with Crippen molar-refractivity contribution in [2.75, 3.05) is 13.7 Å². The number of thiazole rings is 1. The van der Waals surface area contributed by atoms with Gasteiger partial charge in [0.1, 0.15) is 15.6 Å². The number of rotatable bonds is 6. The number of aromatic amines is 1. The third-order valence-electron chi connectivity index (χ3n) is 4.96. The van der Waals surface area contributed by atoms with Gasteiger partial charge in [0.15, 0.2) is 0 Å². The van der Waals surface area contributed by atoms with E-state index < -0.39 is 0 Å². The van der Waals surface area contributed by atoms with Gasteiger partial charge in [0.2, 0.25) is 0 Å². The molecule has 4 rings (SSSR count). The van der Waals surface area contributed by atoms with Crippen molar-refractivity contribution >= 4 is 28.1 Å². The van der Waals surface area contributed by atoms with E-state index in [2.05, 4.69) is 34.3 Å². The average Bonchev–Trinajstić information content (AvgIpc) is 3.31. The fraction of sp³-hybridized carbons (Fsp3) is 0.217. The smallest absolute Gasteiger partial charge is 0.263 e. The molecule has 0 aliphatic heterocycles. The summed E-state index contributed by atoms with van der Waals surface area (Å²) in [6.45, 7) is 4.49. The number of methoxy groups -OCH3 is 1. The van der Waals surface area contributed by atoms with Crippen LogP contribution in [0, 0.1) is 13.8 Å². The molecule has 1 amide bonds. The number of benzene rings is 2. The fourth-order valence-corrected chi connectivity index (χ4v) is 4.30. The van der Waals surface area contributed by atoms with Crippen molar-refractivity contribution in [3.8, 4) is 16.3 Å². The third-order valence-corrected chi connectivity index (χ3v) is 6.16. The summed E-state index contributed by atoms with van der Waals surface area (Å²) in [5.74, 6) is 0.752. The Bertz CT molecular complexity index is 1160. The van der Waals surface area contributed by atoms with Gasteiger partial charge in [0.05, 0.1) is 12.8 Å². The van der Waals surface area contributed by atoms with Crippen LogP contribution in [-0.4, -0.2) is 29.5 Å². The summed E-state index contributed by atoms with van der Waals surface area (Å²) in [5, 5.41) is 5.02. The molecule has 2 aromatic heterocycles. The SMILES string of the molecule is COc1ccc2[nH]cc(CCNC(=O)c3sc(-c4ccc(C)cc4)nc3C)c2c1. The molecule has 6 heteroatoms. The van der Waals surface area contributed by atoms with E-state index >= 15 is 0 Å². The highest BCUT2D eigenvalue weighted by Gasteiger charge is 2.16. The van der Waals surface area contributed by atoms with Crippen molar-refractivity contribution in [2.24, 2.45) is 0 Å². The van der Waals surface area contributed by atoms with Crippen LogP contribution in [0.1, 0.15) is 26.5 Å². The Hall–Kier alpha value is -3.12. The van der Waals surface area contributed by atoms with E-state index in [4.69, 9.17) is 4.74 Å². The molecule has 0 saturated carbocycles. The molecular weight excluding hydrogens is 382 g/mol. The predicted octanol–water partition coefficient (Wildman–Crippen LogP) is 4.89. The topological polar surface area (TPSA) is 67.0 Å². The van der Waals surface area contributed by atoms with Crippen LogP contribution in [0.5, 0.6) is 5.75 Å². The number of H-pyrrole nitrogens is 1. The lowest BCUT2D eigenvalue weighted by Gasteiger charge is -2.04. The first-order valence-electron chi connectivity index (χ1n) is 9.52. The summed E-state index contributed by atoms with van der Waals surface area (Å²) in [4.78, 5) is 21.2. The number of fused-ring (bicyclic) bond motifs is 1. The quantitative estimate of drug-likeness (QED) is 0.480. The van der Waals surface area contributed by atoms with Crippen LogP contribution >= 0.6 is 11.3 Å². The zero-order valence-electron chi connectivity index (χ0n) is 16.7. The Balaban J connectivity index is 1.43. The number of amides is 1. The molecule has 0 aliphatic rings. The van der Waals surface area contributed by atoms with Crippen molar-refractivity contribution in [2.45, 2.75) is 20.3 Å². The number of ether oxygens (including phenoxy) is 1. The first-order chi connectivity index (χ1) is 14.0. The van der Waals surface area contributed by atoms with Crippen molar-refractivity contribution in [1.82, 2.24) is 15.3 Å². The maximum absolute atomic E-state index is 12.7. The highest BCUT2D eigenvalue weighted by atomic mass is 32.1. The van der Waals surface area contributed by atoms with Gasteiger partial charge in [0, 0.05) is 29.2 Å². The largest absolute Gasteiger partial charge is 0.497 e. The molecule has 0 spiro atoms. The number of hydrogen-bond acceptors (Lipinski definition) is 4. The number of nitrogens with one attached hydrogen (secondary N) is 2. The van der Waals surface area contributed by atoms with Crippen LogP contribution in [0.2, 0.25) is 0 Å². The molecule has 0 bridgehead atoms. The van der Waals surface area contributed by atoms with Crippen molar-refractivity contribution < 1.29 is 9.53 Å². The Kier molecular flexibility index (Phi) is 5.36. The summed E-state index contributed by atoms with van der Waals surface area (Å²) in [5.41, 5.74) is 5.22. The van der Waals surface area contributed by atoms with E-state index in [-0.39, 0.29) is 5.91 Å². The first-order valence-corrected chi connectivity index (χ1v) is 10.3. The summed E-state index contributed by atoms with van der Waals surface area (Å²) >= 11 is 1.44. The molecule has 0 aliphatic carbocycles. The molecule has 4 aromatic rings. The van der Waals surface area contributed by atoms with Gasteiger partial charge in [-0.25, -0.2) is 4.98 Å². The number of carbonyl (C=O) groups is 1. The van der Waals surface area contributed by atoms with E-state index in [0.717, 1.165) is 44.9 Å². The molecule has 2 aromatic carbocycles. The van der Waals surface area contributed by atoms with Crippen LogP contribution in [0.15, 0.2) is 48.7 Å². The van der Waals surface area contributed by atoms with Crippen LogP contribution in [0.3, 0.4) is 0 Å². The zero-order valence-corrected chi connectivity index (χ0v) is 17.5. The molecule has 0 saturated heterocycles. The van der Waals surface area contributed by atoms with Crippen LogP contribution in [0.25, 0.3) is 21.5 Å². The fourth-order valence-electron chi connectivity index (χ4n) is 3.31. The van der Waals surface area contributed by atoms with Gasteiger partial charge in [0.25, 0.3) is 5.91 Å². The molecule has 0 radical (unpaired) electrons.